The van der Waals surface area contributed by atoms with Crippen LogP contribution in [-0.2, 0) is 0 Å². The first-order valence-electron chi connectivity index (χ1n) is 12.8. The summed E-state index contributed by atoms with van der Waals surface area (Å²) >= 11 is 0. The molecule has 7 rings (SSSR count). The third-order valence-electron chi connectivity index (χ3n) is 7.20. The molecule has 2 heterocycles. The summed E-state index contributed by atoms with van der Waals surface area (Å²) in [6.07, 6.45) is 3.79. The summed E-state index contributed by atoms with van der Waals surface area (Å²) in [7, 11) is 0. The zero-order valence-electron chi connectivity index (χ0n) is 20.8. The molecule has 2 nitrogen and oxygen atoms in total. The van der Waals surface area contributed by atoms with E-state index in [0.29, 0.717) is 0 Å². The van der Waals surface area contributed by atoms with Crippen LogP contribution in [0, 0.1) is 0 Å². The predicted octanol–water partition coefficient (Wildman–Crippen LogP) is 9.45. The van der Waals surface area contributed by atoms with Crippen LogP contribution in [-0.4, -0.2) is 9.97 Å². The molecule has 0 aliphatic heterocycles. The van der Waals surface area contributed by atoms with Crippen LogP contribution in [0.3, 0.4) is 0 Å². The van der Waals surface area contributed by atoms with Crippen LogP contribution in [0.4, 0.5) is 0 Å². The first-order valence-corrected chi connectivity index (χ1v) is 12.8. The van der Waals surface area contributed by atoms with E-state index in [2.05, 4.69) is 121 Å². The van der Waals surface area contributed by atoms with Gasteiger partial charge < -0.3 is 0 Å². The van der Waals surface area contributed by atoms with Crippen LogP contribution in [0.15, 0.2) is 146 Å². The fourth-order valence-electron chi connectivity index (χ4n) is 5.30. The molecule has 0 unspecified atom stereocenters. The van der Waals surface area contributed by atoms with Crippen molar-refractivity contribution in [1.29, 1.82) is 0 Å². The highest BCUT2D eigenvalue weighted by Gasteiger charge is 2.13. The third-order valence-corrected chi connectivity index (χ3v) is 7.20. The number of rotatable bonds is 4. The number of benzene rings is 5. The van der Waals surface area contributed by atoms with E-state index in [4.69, 9.17) is 9.97 Å². The quantitative estimate of drug-likeness (QED) is 0.233. The monoisotopic (exact) mass is 484 g/mol. The van der Waals surface area contributed by atoms with E-state index in [9.17, 15) is 0 Å². The highest BCUT2D eigenvalue weighted by molar-refractivity contribution is 6.11. The van der Waals surface area contributed by atoms with Gasteiger partial charge in [0, 0.05) is 23.2 Å². The molecule has 0 saturated carbocycles. The minimum absolute atomic E-state index is 0.924. The van der Waals surface area contributed by atoms with Crippen LogP contribution in [0.2, 0.25) is 0 Å². The van der Waals surface area contributed by atoms with Crippen LogP contribution >= 0.6 is 0 Å². The lowest BCUT2D eigenvalue weighted by Gasteiger charge is -2.12. The van der Waals surface area contributed by atoms with Crippen LogP contribution < -0.4 is 0 Å². The predicted molar refractivity (Wildman–Crippen MR) is 159 cm³/mol. The number of nitrogens with zero attached hydrogens (tertiary/aromatic N) is 2. The van der Waals surface area contributed by atoms with Crippen molar-refractivity contribution in [3.05, 3.63) is 146 Å². The Kier molecular flexibility index (Phi) is 5.49. The van der Waals surface area contributed by atoms with Gasteiger partial charge in [-0.3, -0.25) is 9.97 Å². The Labute approximate surface area is 221 Å². The first kappa shape index (κ1) is 22.1. The van der Waals surface area contributed by atoms with Gasteiger partial charge in [0.1, 0.15) is 0 Å². The molecule has 0 aliphatic carbocycles. The second-order valence-corrected chi connectivity index (χ2v) is 9.47. The van der Waals surface area contributed by atoms with E-state index in [1.54, 1.807) is 0 Å². The van der Waals surface area contributed by atoms with Gasteiger partial charge in [0.15, 0.2) is 0 Å². The van der Waals surface area contributed by atoms with E-state index >= 15 is 0 Å². The molecule has 0 radical (unpaired) electrons. The lowest BCUT2D eigenvalue weighted by Crippen LogP contribution is -1.91. The Morgan fingerprint density at radius 1 is 0.316 bits per heavy atom. The molecule has 2 aromatic heterocycles. The number of pyridine rings is 2. The van der Waals surface area contributed by atoms with Crippen LogP contribution in [0.5, 0.6) is 0 Å². The Morgan fingerprint density at radius 2 is 0.763 bits per heavy atom. The van der Waals surface area contributed by atoms with Gasteiger partial charge in [-0.05, 0) is 62.7 Å². The highest BCUT2D eigenvalue weighted by Crippen LogP contribution is 2.36. The SMILES string of the molecule is c1ccc(-c2ccc(-c3ccnc4c3ccc3c(-c5cccc(-c6ccccc6)c5)ccnc34)cc2)cc1. The number of hydrogen-bond acceptors (Lipinski definition) is 2. The summed E-state index contributed by atoms with van der Waals surface area (Å²) in [5, 5.41) is 2.21. The topological polar surface area (TPSA) is 25.8 Å². The van der Waals surface area contributed by atoms with E-state index < -0.39 is 0 Å². The summed E-state index contributed by atoms with van der Waals surface area (Å²) in [4.78, 5) is 9.60. The van der Waals surface area contributed by atoms with E-state index in [1.807, 2.05) is 24.5 Å². The van der Waals surface area contributed by atoms with Crippen molar-refractivity contribution in [3.63, 3.8) is 0 Å². The minimum atomic E-state index is 0.924. The van der Waals surface area contributed by atoms with E-state index in [-0.39, 0.29) is 0 Å². The average Bonchev–Trinajstić information content (AvgIpc) is 3.01. The molecule has 0 fully saturated rings. The average molecular weight is 485 g/mol. The fraction of sp³-hybridized carbons (Fsp3) is 0. The minimum Gasteiger partial charge on any atom is -0.254 e. The Hall–Kier alpha value is -5.08. The molecule has 2 heteroatoms. The molecule has 0 atom stereocenters. The van der Waals surface area contributed by atoms with Gasteiger partial charge in [-0.1, -0.05) is 115 Å². The summed E-state index contributed by atoms with van der Waals surface area (Å²) in [5.41, 5.74) is 11.4. The number of fused-ring (bicyclic) bond motifs is 3. The Balaban J connectivity index is 1.33. The van der Waals surface area contributed by atoms with Crippen molar-refractivity contribution < 1.29 is 0 Å². The Morgan fingerprint density at radius 3 is 1.37 bits per heavy atom. The lowest BCUT2D eigenvalue weighted by atomic mass is 9.94. The van der Waals surface area contributed by atoms with Crippen molar-refractivity contribution in [3.8, 4) is 44.5 Å². The zero-order chi connectivity index (χ0) is 25.3. The van der Waals surface area contributed by atoms with Gasteiger partial charge >= 0.3 is 0 Å². The van der Waals surface area contributed by atoms with Gasteiger partial charge in [0.05, 0.1) is 11.0 Å². The summed E-state index contributed by atoms with van der Waals surface area (Å²) in [6, 6.07) is 47.0. The second-order valence-electron chi connectivity index (χ2n) is 9.47. The number of hydrogen-bond donors (Lipinski definition) is 0. The summed E-state index contributed by atoms with van der Waals surface area (Å²) < 4.78 is 0. The molecular formula is C36H24N2. The molecule has 0 N–H and O–H groups in total. The molecule has 0 bridgehead atoms. The van der Waals surface area contributed by atoms with Crippen molar-refractivity contribution in [2.45, 2.75) is 0 Å². The maximum Gasteiger partial charge on any atom is 0.0970 e. The van der Waals surface area contributed by atoms with Gasteiger partial charge in [0.25, 0.3) is 0 Å². The summed E-state index contributed by atoms with van der Waals surface area (Å²) in [5.74, 6) is 0. The van der Waals surface area contributed by atoms with Crippen molar-refractivity contribution >= 4 is 21.8 Å². The maximum absolute atomic E-state index is 4.80. The van der Waals surface area contributed by atoms with Crippen LogP contribution in [0.25, 0.3) is 66.3 Å². The molecular weight excluding hydrogens is 460 g/mol. The fourth-order valence-corrected chi connectivity index (χ4v) is 5.30. The molecule has 5 aromatic carbocycles. The van der Waals surface area contributed by atoms with Crippen molar-refractivity contribution in [2.75, 3.05) is 0 Å². The molecule has 178 valence electrons. The van der Waals surface area contributed by atoms with Crippen molar-refractivity contribution in [2.24, 2.45) is 0 Å². The van der Waals surface area contributed by atoms with Gasteiger partial charge in [-0.2, -0.15) is 0 Å². The third kappa shape index (κ3) is 3.93. The van der Waals surface area contributed by atoms with Crippen LogP contribution in [0.1, 0.15) is 0 Å². The zero-order valence-corrected chi connectivity index (χ0v) is 20.8. The van der Waals surface area contributed by atoms with Gasteiger partial charge in [-0.25, -0.2) is 0 Å². The normalized spacial score (nSPS) is 11.2. The maximum atomic E-state index is 4.80. The molecule has 0 amide bonds. The molecule has 7 aromatic rings. The van der Waals surface area contributed by atoms with Crippen molar-refractivity contribution in [1.82, 2.24) is 9.97 Å². The standard InChI is InChI=1S/C36H24N2/c1-3-8-25(9-4-1)27-14-16-28(17-15-27)31-20-22-37-35-33(31)18-19-34-32(21-23-38-36(34)35)30-13-7-12-29(24-30)26-10-5-2-6-11-26/h1-24H. The second kappa shape index (κ2) is 9.42. The highest BCUT2D eigenvalue weighted by atomic mass is 14.7. The van der Waals surface area contributed by atoms with E-state index in [0.717, 1.165) is 32.9 Å². The van der Waals surface area contributed by atoms with E-state index in [1.165, 1.54) is 33.4 Å². The summed E-state index contributed by atoms with van der Waals surface area (Å²) in [6.45, 7) is 0. The smallest absolute Gasteiger partial charge is 0.0970 e. The largest absolute Gasteiger partial charge is 0.254 e. The van der Waals surface area contributed by atoms with Gasteiger partial charge in [-0.15, -0.1) is 0 Å². The number of aromatic nitrogens is 2. The molecule has 0 aliphatic rings. The molecule has 0 spiro atoms. The van der Waals surface area contributed by atoms with Gasteiger partial charge in [0.2, 0.25) is 0 Å². The molecule has 38 heavy (non-hydrogen) atoms. The first-order chi connectivity index (χ1) is 18.8. The Bertz CT molecular complexity index is 1890. The molecule has 0 saturated heterocycles. The lowest BCUT2D eigenvalue weighted by molar-refractivity contribution is 1.37.